The van der Waals surface area contributed by atoms with Crippen molar-refractivity contribution in [3.05, 3.63) is 75.6 Å². The van der Waals surface area contributed by atoms with Gasteiger partial charge in [-0.15, -0.1) is 23.1 Å². The van der Waals surface area contributed by atoms with Gasteiger partial charge in [0.2, 0.25) is 0 Å². The van der Waals surface area contributed by atoms with Gasteiger partial charge in [-0.25, -0.2) is 14.4 Å². The Kier molecular flexibility index (Phi) is 5.07. The fourth-order valence-corrected chi connectivity index (χ4v) is 5.16. The monoisotopic (exact) mass is 444 g/mol. The molecule has 0 bridgehead atoms. The first-order valence-corrected chi connectivity index (χ1v) is 10.6. The van der Waals surface area contributed by atoms with Crippen LogP contribution >= 0.6 is 39.0 Å². The van der Waals surface area contributed by atoms with E-state index < -0.39 is 0 Å². The highest BCUT2D eigenvalue weighted by Gasteiger charge is 2.17. The van der Waals surface area contributed by atoms with Gasteiger partial charge in [0, 0.05) is 20.7 Å². The van der Waals surface area contributed by atoms with Crippen LogP contribution in [0.4, 0.5) is 4.39 Å². The van der Waals surface area contributed by atoms with E-state index in [4.69, 9.17) is 0 Å². The first kappa shape index (κ1) is 17.6. The molecule has 0 unspecified atom stereocenters. The maximum Gasteiger partial charge on any atom is 0.128 e. The summed E-state index contributed by atoms with van der Waals surface area (Å²) in [6.45, 7) is 2.12. The summed E-state index contributed by atoms with van der Waals surface area (Å²) in [5.74, 6) is 0.455. The predicted octanol–water partition coefficient (Wildman–Crippen LogP) is 6.86. The van der Waals surface area contributed by atoms with Crippen molar-refractivity contribution in [1.29, 1.82) is 0 Å². The normalized spacial score (nSPS) is 11.2. The number of rotatable bonds is 4. The van der Waals surface area contributed by atoms with Crippen LogP contribution in [0.25, 0.3) is 21.3 Å². The van der Waals surface area contributed by atoms with Crippen LogP contribution in [0.2, 0.25) is 0 Å². The van der Waals surface area contributed by atoms with Crippen molar-refractivity contribution >= 4 is 49.2 Å². The van der Waals surface area contributed by atoms with Crippen LogP contribution in [0.15, 0.2) is 64.4 Å². The standard InChI is InChI=1S/C20H14BrFN2S2/c1-12-17(14-5-7-15(21)8-6-14)18-19(23-11-24-20(18)26-12)25-10-13-3-2-4-16(22)9-13/h2-9,11H,10H2,1H3. The lowest BCUT2D eigenvalue weighted by Crippen LogP contribution is -1.88. The summed E-state index contributed by atoms with van der Waals surface area (Å²) in [7, 11) is 0. The van der Waals surface area contributed by atoms with Crippen LogP contribution in [0.3, 0.4) is 0 Å². The summed E-state index contributed by atoms with van der Waals surface area (Å²) in [6.07, 6.45) is 1.61. The van der Waals surface area contributed by atoms with E-state index in [0.717, 1.165) is 30.8 Å². The molecule has 26 heavy (non-hydrogen) atoms. The number of thioether (sulfide) groups is 1. The van der Waals surface area contributed by atoms with E-state index in [9.17, 15) is 4.39 Å². The molecule has 6 heteroatoms. The first-order valence-electron chi connectivity index (χ1n) is 7.99. The van der Waals surface area contributed by atoms with Crippen LogP contribution < -0.4 is 0 Å². The van der Waals surface area contributed by atoms with Crippen molar-refractivity contribution in [2.45, 2.75) is 17.7 Å². The van der Waals surface area contributed by atoms with Crippen molar-refractivity contribution in [2.75, 3.05) is 0 Å². The molecule has 2 nitrogen and oxygen atoms in total. The third kappa shape index (κ3) is 3.54. The zero-order valence-corrected chi connectivity index (χ0v) is 17.1. The summed E-state index contributed by atoms with van der Waals surface area (Å²) in [5, 5.41) is 2.01. The van der Waals surface area contributed by atoms with E-state index in [1.807, 2.05) is 18.2 Å². The van der Waals surface area contributed by atoms with E-state index in [0.29, 0.717) is 5.75 Å². The molecule has 0 aliphatic heterocycles. The summed E-state index contributed by atoms with van der Waals surface area (Å²) < 4.78 is 14.5. The Morgan fingerprint density at radius 3 is 2.69 bits per heavy atom. The van der Waals surface area contributed by atoms with Crippen molar-refractivity contribution in [1.82, 2.24) is 9.97 Å². The number of aromatic nitrogens is 2. The highest BCUT2D eigenvalue weighted by Crippen LogP contribution is 2.42. The topological polar surface area (TPSA) is 25.8 Å². The number of hydrogen-bond acceptors (Lipinski definition) is 4. The Hall–Kier alpha value is -1.76. The molecule has 2 heterocycles. The van der Waals surface area contributed by atoms with Gasteiger partial charge >= 0.3 is 0 Å². The third-order valence-corrected chi connectivity index (χ3v) is 6.63. The molecule has 0 N–H and O–H groups in total. The average molecular weight is 445 g/mol. The highest BCUT2D eigenvalue weighted by molar-refractivity contribution is 9.10. The van der Waals surface area contributed by atoms with Crippen LogP contribution in [0, 0.1) is 12.7 Å². The molecule has 2 aromatic carbocycles. The van der Waals surface area contributed by atoms with Crippen molar-refractivity contribution in [3.63, 3.8) is 0 Å². The number of hydrogen-bond donors (Lipinski definition) is 0. The van der Waals surface area contributed by atoms with Gasteiger partial charge in [-0.1, -0.05) is 40.2 Å². The Morgan fingerprint density at radius 1 is 1.12 bits per heavy atom. The summed E-state index contributed by atoms with van der Waals surface area (Å²) in [4.78, 5) is 11.2. The van der Waals surface area contributed by atoms with E-state index in [2.05, 4.69) is 45.0 Å². The molecule has 0 saturated heterocycles. The number of halogens is 2. The average Bonchev–Trinajstić information content (AvgIpc) is 2.97. The zero-order chi connectivity index (χ0) is 18.1. The molecule has 0 amide bonds. The second kappa shape index (κ2) is 7.47. The van der Waals surface area contributed by atoms with Crippen LogP contribution in [0.5, 0.6) is 0 Å². The van der Waals surface area contributed by atoms with Gasteiger partial charge in [0.1, 0.15) is 22.0 Å². The van der Waals surface area contributed by atoms with E-state index in [1.54, 1.807) is 41.6 Å². The van der Waals surface area contributed by atoms with Crippen LogP contribution in [-0.4, -0.2) is 9.97 Å². The van der Waals surface area contributed by atoms with Crippen molar-refractivity contribution < 1.29 is 4.39 Å². The third-order valence-electron chi connectivity index (χ3n) is 4.03. The Morgan fingerprint density at radius 2 is 1.92 bits per heavy atom. The summed E-state index contributed by atoms with van der Waals surface area (Å²) in [5.41, 5.74) is 3.28. The van der Waals surface area contributed by atoms with Crippen LogP contribution in [-0.2, 0) is 5.75 Å². The molecule has 0 fully saturated rings. The van der Waals surface area contributed by atoms with Crippen molar-refractivity contribution in [3.8, 4) is 11.1 Å². The molecular weight excluding hydrogens is 431 g/mol. The number of aryl methyl sites for hydroxylation is 1. The number of nitrogens with zero attached hydrogens (tertiary/aromatic N) is 2. The second-order valence-electron chi connectivity index (χ2n) is 5.82. The maximum atomic E-state index is 13.4. The molecule has 0 atom stereocenters. The Balaban J connectivity index is 1.76. The minimum Gasteiger partial charge on any atom is -0.229 e. The number of fused-ring (bicyclic) bond motifs is 1. The Bertz CT molecular complexity index is 1080. The lowest BCUT2D eigenvalue weighted by atomic mass is 10.0. The lowest BCUT2D eigenvalue weighted by Gasteiger charge is -2.07. The van der Waals surface area contributed by atoms with Gasteiger partial charge in [-0.2, -0.15) is 0 Å². The van der Waals surface area contributed by atoms with Crippen LogP contribution in [0.1, 0.15) is 10.4 Å². The largest absolute Gasteiger partial charge is 0.229 e. The fraction of sp³-hybridized carbons (Fsp3) is 0.100. The Labute approximate surface area is 167 Å². The predicted molar refractivity (Wildman–Crippen MR) is 111 cm³/mol. The summed E-state index contributed by atoms with van der Waals surface area (Å²) >= 11 is 6.79. The molecule has 0 aliphatic rings. The first-order chi connectivity index (χ1) is 12.6. The summed E-state index contributed by atoms with van der Waals surface area (Å²) in [6, 6.07) is 15.0. The maximum absolute atomic E-state index is 13.4. The molecule has 0 aliphatic carbocycles. The fourth-order valence-electron chi connectivity index (χ4n) is 2.87. The SMILES string of the molecule is Cc1sc2ncnc(SCc3cccc(F)c3)c2c1-c1ccc(Br)cc1. The van der Waals surface area contributed by atoms with Crippen molar-refractivity contribution in [2.24, 2.45) is 0 Å². The smallest absolute Gasteiger partial charge is 0.128 e. The van der Waals surface area contributed by atoms with Gasteiger partial charge in [0.15, 0.2) is 0 Å². The minimum absolute atomic E-state index is 0.210. The molecular formula is C20H14BrFN2S2. The number of benzene rings is 2. The molecule has 0 saturated carbocycles. The molecule has 2 aromatic heterocycles. The number of thiophene rings is 1. The molecule has 0 spiro atoms. The highest BCUT2D eigenvalue weighted by atomic mass is 79.9. The quantitative estimate of drug-likeness (QED) is 0.254. The lowest BCUT2D eigenvalue weighted by molar-refractivity contribution is 0.626. The molecule has 4 aromatic rings. The van der Waals surface area contributed by atoms with Gasteiger partial charge in [0.25, 0.3) is 0 Å². The second-order valence-corrected chi connectivity index (χ2v) is 8.90. The van der Waals surface area contributed by atoms with E-state index in [1.165, 1.54) is 16.5 Å². The molecule has 4 rings (SSSR count). The van der Waals surface area contributed by atoms with Gasteiger partial charge < -0.3 is 0 Å². The van der Waals surface area contributed by atoms with Gasteiger partial charge in [-0.3, -0.25) is 0 Å². The van der Waals surface area contributed by atoms with Gasteiger partial charge in [0.05, 0.1) is 5.39 Å². The van der Waals surface area contributed by atoms with E-state index in [-0.39, 0.29) is 5.82 Å². The van der Waals surface area contributed by atoms with Gasteiger partial charge in [-0.05, 0) is 42.3 Å². The molecule has 0 radical (unpaired) electrons. The van der Waals surface area contributed by atoms with E-state index >= 15 is 0 Å². The zero-order valence-electron chi connectivity index (χ0n) is 13.9. The molecule has 130 valence electrons. The minimum atomic E-state index is -0.210.